The minimum absolute atomic E-state index is 0.150. The third-order valence-corrected chi connectivity index (χ3v) is 8.87. The van der Waals surface area contributed by atoms with Crippen LogP contribution in [0.5, 0.6) is 0 Å². The second kappa shape index (κ2) is 7.63. The van der Waals surface area contributed by atoms with Gasteiger partial charge in [0.05, 0.1) is 5.69 Å². The molecule has 1 amide bonds. The van der Waals surface area contributed by atoms with Gasteiger partial charge in [-0.2, -0.15) is 0 Å². The van der Waals surface area contributed by atoms with Gasteiger partial charge in [0, 0.05) is 31.6 Å². The number of nitrogens with zero attached hydrogens (tertiary/aromatic N) is 3. The summed E-state index contributed by atoms with van der Waals surface area (Å²) in [7, 11) is 0. The minimum atomic E-state index is 0.150. The Hall–Kier alpha value is -2.27. The van der Waals surface area contributed by atoms with Crippen molar-refractivity contribution in [2.75, 3.05) is 11.9 Å². The zero-order chi connectivity index (χ0) is 22.7. The lowest BCUT2D eigenvalue weighted by Gasteiger charge is -2.65. The van der Waals surface area contributed by atoms with Crippen LogP contribution >= 0.6 is 0 Å². The molecule has 1 aromatic carbocycles. The fraction of sp³-hybridized carbons (Fsp3) is 0.607. The molecule has 2 unspecified atom stereocenters. The third-order valence-electron chi connectivity index (χ3n) is 8.87. The Morgan fingerprint density at radius 2 is 1.82 bits per heavy atom. The summed E-state index contributed by atoms with van der Waals surface area (Å²) in [4.78, 5) is 24.8. The Labute approximate surface area is 197 Å². The highest BCUT2D eigenvalue weighted by Crippen LogP contribution is 2.70. The lowest BCUT2D eigenvalue weighted by Crippen LogP contribution is -2.55. The Morgan fingerprint density at radius 3 is 2.55 bits per heavy atom. The van der Waals surface area contributed by atoms with Crippen LogP contribution in [0.2, 0.25) is 0 Å². The summed E-state index contributed by atoms with van der Waals surface area (Å²) in [5.74, 6) is 1.70. The molecule has 2 aromatic rings. The first kappa shape index (κ1) is 21.3. The molecule has 5 heteroatoms. The van der Waals surface area contributed by atoms with E-state index >= 15 is 0 Å². The standard InChI is InChI=1S/C28H36N4O/c1-26-10-21-11-27(2,16-26)18-28(12-21,17-26)13-24(33)31-25-22-8-9-32(15-23(22)29-19-30-25)14-20-6-4-3-5-7-20/h3-7,19,21H,8-18H2,1-2H3,(H,29,30,31,33). The van der Waals surface area contributed by atoms with Crippen molar-refractivity contribution in [1.82, 2.24) is 14.9 Å². The number of anilines is 1. The molecule has 4 aliphatic carbocycles. The number of carbonyl (C=O) groups excluding carboxylic acids is 1. The van der Waals surface area contributed by atoms with E-state index in [-0.39, 0.29) is 11.3 Å². The quantitative estimate of drug-likeness (QED) is 0.674. The van der Waals surface area contributed by atoms with Crippen molar-refractivity contribution in [2.45, 2.75) is 78.3 Å². The summed E-state index contributed by atoms with van der Waals surface area (Å²) >= 11 is 0. The fourth-order valence-corrected chi connectivity index (χ4v) is 8.89. The van der Waals surface area contributed by atoms with Crippen LogP contribution in [0.15, 0.2) is 36.7 Å². The van der Waals surface area contributed by atoms with Gasteiger partial charge in [-0.1, -0.05) is 44.2 Å². The zero-order valence-corrected chi connectivity index (χ0v) is 20.1. The first-order valence-corrected chi connectivity index (χ1v) is 12.7. The van der Waals surface area contributed by atoms with Crippen molar-refractivity contribution in [1.29, 1.82) is 0 Å². The van der Waals surface area contributed by atoms with E-state index in [9.17, 15) is 4.79 Å². The SMILES string of the molecule is CC12CC3CC(C)(C1)CC(CC(=O)Nc1ncnc4c1CCN(Cc1ccccc1)C4)(C3)C2. The monoisotopic (exact) mass is 444 g/mol. The van der Waals surface area contributed by atoms with Gasteiger partial charge >= 0.3 is 0 Å². The van der Waals surface area contributed by atoms with E-state index in [2.05, 4.69) is 64.4 Å². The van der Waals surface area contributed by atoms with E-state index < -0.39 is 0 Å². The van der Waals surface area contributed by atoms with Crippen molar-refractivity contribution in [2.24, 2.45) is 22.2 Å². The Morgan fingerprint density at radius 1 is 1.06 bits per heavy atom. The van der Waals surface area contributed by atoms with Crippen molar-refractivity contribution in [3.8, 4) is 0 Å². The number of hydrogen-bond donors (Lipinski definition) is 1. The van der Waals surface area contributed by atoms with Gasteiger partial charge in [0.15, 0.2) is 0 Å². The van der Waals surface area contributed by atoms with Gasteiger partial charge in [-0.15, -0.1) is 0 Å². The largest absolute Gasteiger partial charge is 0.310 e. The molecule has 0 saturated heterocycles. The number of aromatic nitrogens is 2. The number of nitrogens with one attached hydrogen (secondary N) is 1. The molecule has 1 aromatic heterocycles. The molecule has 0 spiro atoms. The second-order valence-corrected chi connectivity index (χ2v) is 12.4. The number of hydrogen-bond acceptors (Lipinski definition) is 4. The lowest BCUT2D eigenvalue weighted by molar-refractivity contribution is -0.153. The van der Waals surface area contributed by atoms with Crippen LogP contribution in [0.1, 0.15) is 75.6 Å². The molecule has 174 valence electrons. The van der Waals surface area contributed by atoms with Crippen LogP contribution in [0.4, 0.5) is 5.82 Å². The molecule has 4 saturated carbocycles. The van der Waals surface area contributed by atoms with Crippen molar-refractivity contribution in [3.63, 3.8) is 0 Å². The van der Waals surface area contributed by atoms with Crippen LogP contribution in [-0.4, -0.2) is 27.3 Å². The number of amides is 1. The Balaban J connectivity index is 1.15. The maximum atomic E-state index is 13.3. The van der Waals surface area contributed by atoms with Crippen molar-refractivity contribution in [3.05, 3.63) is 53.5 Å². The van der Waals surface area contributed by atoms with Crippen LogP contribution in [-0.2, 0) is 24.3 Å². The van der Waals surface area contributed by atoms with Crippen LogP contribution in [0.3, 0.4) is 0 Å². The highest BCUT2D eigenvalue weighted by Gasteiger charge is 2.60. The Bertz CT molecular complexity index is 1050. The molecule has 0 radical (unpaired) electrons. The van der Waals surface area contributed by atoms with Crippen LogP contribution in [0.25, 0.3) is 0 Å². The van der Waals surface area contributed by atoms with E-state index in [1.807, 2.05) is 0 Å². The van der Waals surface area contributed by atoms with Gasteiger partial charge in [-0.25, -0.2) is 9.97 Å². The molecule has 7 rings (SSSR count). The zero-order valence-electron chi connectivity index (χ0n) is 20.1. The maximum absolute atomic E-state index is 13.3. The van der Waals surface area contributed by atoms with E-state index in [0.717, 1.165) is 49.0 Å². The predicted octanol–water partition coefficient (Wildman–Crippen LogP) is 5.36. The topological polar surface area (TPSA) is 58.1 Å². The van der Waals surface area contributed by atoms with E-state index in [1.54, 1.807) is 6.33 Å². The van der Waals surface area contributed by atoms with Gasteiger partial charge in [-0.05, 0) is 72.7 Å². The molecule has 5 nitrogen and oxygen atoms in total. The smallest absolute Gasteiger partial charge is 0.226 e. The normalized spacial score (nSPS) is 34.8. The lowest BCUT2D eigenvalue weighted by atomic mass is 9.40. The first-order chi connectivity index (χ1) is 15.8. The van der Waals surface area contributed by atoms with E-state index in [1.165, 1.54) is 44.1 Å². The summed E-state index contributed by atoms with van der Waals surface area (Å²) in [6.45, 7) is 7.64. The number of rotatable bonds is 5. The molecule has 33 heavy (non-hydrogen) atoms. The molecule has 2 atom stereocenters. The summed E-state index contributed by atoms with van der Waals surface area (Å²) in [6.07, 6.45) is 10.9. The van der Waals surface area contributed by atoms with Gasteiger partial charge in [0.2, 0.25) is 5.91 Å². The first-order valence-electron chi connectivity index (χ1n) is 12.7. The predicted molar refractivity (Wildman–Crippen MR) is 129 cm³/mol. The average Bonchev–Trinajstić information content (AvgIpc) is 2.71. The molecule has 4 bridgehead atoms. The van der Waals surface area contributed by atoms with Gasteiger partial charge in [0.1, 0.15) is 12.1 Å². The third kappa shape index (κ3) is 4.09. The highest BCUT2D eigenvalue weighted by molar-refractivity contribution is 5.91. The van der Waals surface area contributed by atoms with E-state index in [0.29, 0.717) is 17.3 Å². The summed E-state index contributed by atoms with van der Waals surface area (Å²) < 4.78 is 0. The van der Waals surface area contributed by atoms with Crippen LogP contribution < -0.4 is 5.32 Å². The molecule has 5 aliphatic rings. The number of carbonyl (C=O) groups is 1. The molecule has 2 heterocycles. The molecular formula is C28H36N4O. The highest BCUT2D eigenvalue weighted by atomic mass is 16.1. The van der Waals surface area contributed by atoms with E-state index in [4.69, 9.17) is 0 Å². The second-order valence-electron chi connectivity index (χ2n) is 12.4. The summed E-state index contributed by atoms with van der Waals surface area (Å²) in [5, 5.41) is 3.23. The number of fused-ring (bicyclic) bond motifs is 1. The number of benzene rings is 1. The molecule has 4 fully saturated rings. The summed E-state index contributed by atoms with van der Waals surface area (Å²) in [5.41, 5.74) is 4.56. The van der Waals surface area contributed by atoms with Gasteiger partial charge in [0.25, 0.3) is 0 Å². The molecule has 1 aliphatic heterocycles. The van der Waals surface area contributed by atoms with Crippen LogP contribution in [0, 0.1) is 22.2 Å². The fourth-order valence-electron chi connectivity index (χ4n) is 8.89. The van der Waals surface area contributed by atoms with Gasteiger partial charge < -0.3 is 5.32 Å². The molecule has 1 N–H and O–H groups in total. The van der Waals surface area contributed by atoms with Gasteiger partial charge in [-0.3, -0.25) is 9.69 Å². The summed E-state index contributed by atoms with van der Waals surface area (Å²) in [6, 6.07) is 10.6. The minimum Gasteiger partial charge on any atom is -0.310 e. The van der Waals surface area contributed by atoms with Crippen molar-refractivity contribution < 1.29 is 4.79 Å². The van der Waals surface area contributed by atoms with Crippen molar-refractivity contribution >= 4 is 11.7 Å². The maximum Gasteiger partial charge on any atom is 0.226 e. The Kier molecular flexibility index (Phi) is 4.92. The molecular weight excluding hydrogens is 408 g/mol. The average molecular weight is 445 g/mol.